The monoisotopic (exact) mass is 390 g/mol. The summed E-state index contributed by atoms with van der Waals surface area (Å²) in [6.07, 6.45) is 4.92. The second-order valence-electron chi connectivity index (χ2n) is 7.19. The van der Waals surface area contributed by atoms with E-state index in [4.69, 9.17) is 4.98 Å². The Morgan fingerprint density at radius 1 is 1.07 bits per heavy atom. The maximum atomic E-state index is 12.1. The first-order valence-electron chi connectivity index (χ1n) is 10.1. The molecule has 1 amide bonds. The summed E-state index contributed by atoms with van der Waals surface area (Å²) >= 11 is 0. The molecule has 3 aromatic rings. The van der Waals surface area contributed by atoms with Gasteiger partial charge in [0.15, 0.2) is 5.82 Å². The zero-order valence-corrected chi connectivity index (χ0v) is 16.9. The van der Waals surface area contributed by atoms with Gasteiger partial charge in [-0.15, -0.1) is 0 Å². The van der Waals surface area contributed by atoms with Gasteiger partial charge in [0.05, 0.1) is 11.2 Å². The highest BCUT2D eigenvalue weighted by Crippen LogP contribution is 2.27. The number of rotatable bonds is 5. The topological polar surface area (TPSA) is 74.2 Å². The van der Waals surface area contributed by atoms with E-state index in [0.717, 1.165) is 60.7 Å². The van der Waals surface area contributed by atoms with Crippen LogP contribution in [0.15, 0.2) is 42.7 Å². The summed E-state index contributed by atoms with van der Waals surface area (Å²) in [6, 6.07) is 10.4. The van der Waals surface area contributed by atoms with Gasteiger partial charge in [-0.3, -0.25) is 9.78 Å². The maximum absolute atomic E-state index is 12.1. The van der Waals surface area contributed by atoms with Gasteiger partial charge in [0.2, 0.25) is 5.91 Å². The highest BCUT2D eigenvalue weighted by molar-refractivity contribution is 5.88. The quantitative estimate of drug-likeness (QED) is 0.721. The molecule has 0 unspecified atom stereocenters. The van der Waals surface area contributed by atoms with E-state index in [1.165, 1.54) is 5.69 Å². The van der Waals surface area contributed by atoms with Crippen molar-refractivity contribution in [1.82, 2.24) is 19.9 Å². The molecule has 1 aromatic carbocycles. The predicted octanol–water partition coefficient (Wildman–Crippen LogP) is 3.18. The Morgan fingerprint density at radius 3 is 2.48 bits per heavy atom. The first-order valence-corrected chi connectivity index (χ1v) is 10.1. The van der Waals surface area contributed by atoms with Crippen LogP contribution in [-0.2, 0) is 4.79 Å². The Balaban J connectivity index is 1.50. The Hall–Kier alpha value is -3.22. The lowest BCUT2D eigenvalue weighted by Crippen LogP contribution is -2.48. The SMILES string of the molecule is CCCC(=O)N1CCN(c2ccc(-c3cc4nccnc4c(NC)n3)cc2)CC1. The molecule has 4 rings (SSSR count). The van der Waals surface area contributed by atoms with Crippen molar-refractivity contribution >= 4 is 28.4 Å². The molecule has 0 bridgehead atoms. The van der Waals surface area contributed by atoms with Crippen LogP contribution in [0.4, 0.5) is 11.5 Å². The van der Waals surface area contributed by atoms with Gasteiger partial charge in [-0.05, 0) is 24.6 Å². The van der Waals surface area contributed by atoms with Crippen molar-refractivity contribution in [2.75, 3.05) is 43.4 Å². The van der Waals surface area contributed by atoms with Crippen LogP contribution in [0.3, 0.4) is 0 Å². The van der Waals surface area contributed by atoms with E-state index in [0.29, 0.717) is 6.42 Å². The van der Waals surface area contributed by atoms with Crippen LogP contribution in [0.25, 0.3) is 22.3 Å². The van der Waals surface area contributed by atoms with Gasteiger partial charge in [-0.25, -0.2) is 9.97 Å². The van der Waals surface area contributed by atoms with E-state index >= 15 is 0 Å². The van der Waals surface area contributed by atoms with Gasteiger partial charge in [0.1, 0.15) is 5.52 Å². The first-order chi connectivity index (χ1) is 14.2. The maximum Gasteiger partial charge on any atom is 0.222 e. The van der Waals surface area contributed by atoms with Crippen LogP contribution in [0.5, 0.6) is 0 Å². The fraction of sp³-hybridized carbons (Fsp3) is 0.364. The number of benzene rings is 1. The molecule has 1 N–H and O–H groups in total. The molecule has 0 aliphatic carbocycles. The fourth-order valence-corrected chi connectivity index (χ4v) is 3.72. The summed E-state index contributed by atoms with van der Waals surface area (Å²) in [5.41, 5.74) is 4.66. The molecule has 1 aliphatic rings. The third-order valence-electron chi connectivity index (χ3n) is 5.32. The molecule has 1 saturated heterocycles. The number of nitrogens with one attached hydrogen (secondary N) is 1. The van der Waals surface area contributed by atoms with Crippen molar-refractivity contribution in [3.63, 3.8) is 0 Å². The second kappa shape index (κ2) is 8.43. The third kappa shape index (κ3) is 3.99. The Kier molecular flexibility index (Phi) is 5.55. The molecule has 150 valence electrons. The number of pyridine rings is 1. The molecular formula is C22H26N6O. The number of amides is 1. The molecule has 29 heavy (non-hydrogen) atoms. The lowest BCUT2D eigenvalue weighted by atomic mass is 10.1. The molecule has 0 radical (unpaired) electrons. The minimum Gasteiger partial charge on any atom is -0.371 e. The van der Waals surface area contributed by atoms with Crippen molar-refractivity contribution in [1.29, 1.82) is 0 Å². The van der Waals surface area contributed by atoms with Crippen molar-refractivity contribution in [2.45, 2.75) is 19.8 Å². The van der Waals surface area contributed by atoms with E-state index in [1.807, 2.05) is 24.9 Å². The van der Waals surface area contributed by atoms with E-state index in [1.54, 1.807) is 12.4 Å². The summed E-state index contributed by atoms with van der Waals surface area (Å²) in [4.78, 5) is 29.9. The highest BCUT2D eigenvalue weighted by Gasteiger charge is 2.20. The summed E-state index contributed by atoms with van der Waals surface area (Å²) in [6.45, 7) is 5.35. The summed E-state index contributed by atoms with van der Waals surface area (Å²) in [5.74, 6) is 0.996. The molecular weight excluding hydrogens is 364 g/mol. The number of hydrogen-bond acceptors (Lipinski definition) is 6. The van der Waals surface area contributed by atoms with Crippen molar-refractivity contribution in [3.8, 4) is 11.3 Å². The second-order valence-corrected chi connectivity index (χ2v) is 7.19. The zero-order chi connectivity index (χ0) is 20.2. The Morgan fingerprint density at radius 2 is 1.79 bits per heavy atom. The molecule has 0 atom stereocenters. The van der Waals surface area contributed by atoms with Crippen LogP contribution >= 0.6 is 0 Å². The molecule has 0 spiro atoms. The molecule has 3 heterocycles. The van der Waals surface area contributed by atoms with Crippen LogP contribution < -0.4 is 10.2 Å². The van der Waals surface area contributed by atoms with Crippen LogP contribution in [-0.4, -0.2) is 59.0 Å². The number of carbonyl (C=O) groups is 1. The zero-order valence-electron chi connectivity index (χ0n) is 16.9. The van der Waals surface area contributed by atoms with E-state index < -0.39 is 0 Å². The number of fused-ring (bicyclic) bond motifs is 1. The first kappa shape index (κ1) is 19.1. The number of piperazine rings is 1. The number of anilines is 2. The van der Waals surface area contributed by atoms with Gasteiger partial charge in [0.25, 0.3) is 0 Å². The van der Waals surface area contributed by atoms with Gasteiger partial charge in [-0.2, -0.15) is 0 Å². The number of aromatic nitrogens is 3. The van der Waals surface area contributed by atoms with Crippen molar-refractivity contribution < 1.29 is 4.79 Å². The standard InChI is InChI=1S/C22H26N6O/c1-3-4-20(29)28-13-11-27(12-14-28)17-7-5-16(6-8-17)18-15-19-21(22(23-2)26-18)25-10-9-24-19/h5-10,15H,3-4,11-14H2,1-2H3,(H,23,26). The Bertz CT molecular complexity index is 996. The molecule has 7 nitrogen and oxygen atoms in total. The van der Waals surface area contributed by atoms with Crippen LogP contribution in [0.2, 0.25) is 0 Å². The van der Waals surface area contributed by atoms with Crippen LogP contribution in [0, 0.1) is 0 Å². The molecule has 7 heteroatoms. The number of carbonyl (C=O) groups excluding carboxylic acids is 1. The van der Waals surface area contributed by atoms with Gasteiger partial charge in [-0.1, -0.05) is 19.1 Å². The predicted molar refractivity (Wildman–Crippen MR) is 116 cm³/mol. The van der Waals surface area contributed by atoms with Gasteiger partial charge < -0.3 is 15.1 Å². The van der Waals surface area contributed by atoms with Gasteiger partial charge in [0, 0.05) is 63.3 Å². The molecule has 0 saturated carbocycles. The smallest absolute Gasteiger partial charge is 0.222 e. The number of hydrogen-bond donors (Lipinski definition) is 1. The van der Waals surface area contributed by atoms with Gasteiger partial charge >= 0.3 is 0 Å². The van der Waals surface area contributed by atoms with E-state index in [-0.39, 0.29) is 5.91 Å². The highest BCUT2D eigenvalue weighted by atomic mass is 16.2. The number of nitrogens with zero attached hydrogens (tertiary/aromatic N) is 5. The van der Waals surface area contributed by atoms with Crippen LogP contribution in [0.1, 0.15) is 19.8 Å². The largest absolute Gasteiger partial charge is 0.371 e. The van der Waals surface area contributed by atoms with E-state index in [9.17, 15) is 4.79 Å². The van der Waals surface area contributed by atoms with E-state index in [2.05, 4.69) is 44.5 Å². The average molecular weight is 390 g/mol. The molecule has 2 aromatic heterocycles. The minimum atomic E-state index is 0.272. The molecule has 1 aliphatic heterocycles. The normalized spacial score (nSPS) is 14.3. The summed E-state index contributed by atoms with van der Waals surface area (Å²) in [7, 11) is 1.84. The fourth-order valence-electron chi connectivity index (χ4n) is 3.72. The summed E-state index contributed by atoms with van der Waals surface area (Å²) < 4.78 is 0. The minimum absolute atomic E-state index is 0.272. The van der Waals surface area contributed by atoms with Crippen molar-refractivity contribution in [2.24, 2.45) is 0 Å². The lowest BCUT2D eigenvalue weighted by molar-refractivity contribution is -0.131. The average Bonchev–Trinajstić information content (AvgIpc) is 2.78. The Labute approximate surface area is 170 Å². The van der Waals surface area contributed by atoms with Crippen molar-refractivity contribution in [3.05, 3.63) is 42.7 Å². The third-order valence-corrected chi connectivity index (χ3v) is 5.32. The summed E-state index contributed by atoms with van der Waals surface area (Å²) in [5, 5.41) is 3.11. The lowest BCUT2D eigenvalue weighted by Gasteiger charge is -2.36. The molecule has 1 fully saturated rings.